The van der Waals surface area contributed by atoms with Crippen LogP contribution in [0.1, 0.15) is 26.5 Å². The second-order valence-electron chi connectivity index (χ2n) is 6.71. The van der Waals surface area contributed by atoms with Crippen molar-refractivity contribution in [3.63, 3.8) is 0 Å². The third-order valence-electron chi connectivity index (χ3n) is 4.54. The summed E-state index contributed by atoms with van der Waals surface area (Å²) < 4.78 is 7.84. The molecule has 28 heavy (non-hydrogen) atoms. The van der Waals surface area contributed by atoms with Crippen LogP contribution in [0.2, 0.25) is 0 Å². The van der Waals surface area contributed by atoms with Crippen LogP contribution in [0.3, 0.4) is 0 Å². The Morgan fingerprint density at radius 2 is 2.00 bits per heavy atom. The standard InChI is InChI=1S/C22H21N3O2S/c1-16-5-3-11-25-13-18(23-21(16)25)15-27-19-9-7-17(8-10-19)22(26)24(2)14-20-6-4-12-28-20/h3-13H,14-15H2,1-2H3. The second-order valence-corrected chi connectivity index (χ2v) is 7.74. The van der Waals surface area contributed by atoms with Crippen LogP contribution < -0.4 is 4.74 Å². The highest BCUT2D eigenvalue weighted by Crippen LogP contribution is 2.18. The van der Waals surface area contributed by atoms with E-state index in [9.17, 15) is 4.79 Å². The van der Waals surface area contributed by atoms with Crippen molar-refractivity contribution in [3.8, 4) is 5.75 Å². The first-order valence-electron chi connectivity index (χ1n) is 9.04. The van der Waals surface area contributed by atoms with E-state index in [0.29, 0.717) is 24.5 Å². The number of carbonyl (C=O) groups is 1. The normalized spacial score (nSPS) is 10.9. The maximum absolute atomic E-state index is 12.6. The van der Waals surface area contributed by atoms with Gasteiger partial charge in [-0.05, 0) is 54.3 Å². The zero-order chi connectivity index (χ0) is 19.5. The predicted molar refractivity (Wildman–Crippen MR) is 111 cm³/mol. The van der Waals surface area contributed by atoms with E-state index in [-0.39, 0.29) is 5.91 Å². The average molecular weight is 391 g/mol. The fourth-order valence-corrected chi connectivity index (χ4v) is 3.81. The van der Waals surface area contributed by atoms with E-state index in [2.05, 4.69) is 4.98 Å². The molecule has 0 bridgehead atoms. The van der Waals surface area contributed by atoms with Crippen molar-refractivity contribution in [1.29, 1.82) is 0 Å². The Bertz CT molecular complexity index is 1080. The van der Waals surface area contributed by atoms with Crippen molar-refractivity contribution in [2.75, 3.05) is 7.05 Å². The minimum Gasteiger partial charge on any atom is -0.487 e. The lowest BCUT2D eigenvalue weighted by Crippen LogP contribution is -2.25. The van der Waals surface area contributed by atoms with Gasteiger partial charge in [-0.3, -0.25) is 4.79 Å². The third kappa shape index (κ3) is 3.92. The van der Waals surface area contributed by atoms with Crippen LogP contribution >= 0.6 is 11.3 Å². The fraction of sp³-hybridized carbons (Fsp3) is 0.182. The maximum atomic E-state index is 12.6. The molecule has 0 spiro atoms. The molecule has 0 unspecified atom stereocenters. The lowest BCUT2D eigenvalue weighted by molar-refractivity contribution is 0.0786. The van der Waals surface area contributed by atoms with Crippen molar-refractivity contribution in [2.24, 2.45) is 0 Å². The summed E-state index contributed by atoms with van der Waals surface area (Å²) in [7, 11) is 1.82. The molecule has 142 valence electrons. The minimum atomic E-state index is -0.00391. The Hall–Kier alpha value is -3.12. The van der Waals surface area contributed by atoms with Gasteiger partial charge in [-0.25, -0.2) is 4.98 Å². The number of imidazole rings is 1. The molecular weight excluding hydrogens is 370 g/mol. The van der Waals surface area contributed by atoms with Gasteiger partial charge in [-0.1, -0.05) is 12.1 Å². The number of pyridine rings is 1. The summed E-state index contributed by atoms with van der Waals surface area (Å²) in [6, 6.07) is 15.3. The molecule has 0 atom stereocenters. The largest absolute Gasteiger partial charge is 0.487 e. The molecule has 4 aromatic rings. The zero-order valence-electron chi connectivity index (χ0n) is 15.8. The van der Waals surface area contributed by atoms with Crippen LogP contribution in [0.5, 0.6) is 5.75 Å². The van der Waals surface area contributed by atoms with Gasteiger partial charge >= 0.3 is 0 Å². The third-order valence-corrected chi connectivity index (χ3v) is 5.40. The van der Waals surface area contributed by atoms with Crippen molar-refractivity contribution in [2.45, 2.75) is 20.1 Å². The number of nitrogens with zero attached hydrogens (tertiary/aromatic N) is 3. The molecular formula is C22H21N3O2S. The first kappa shape index (κ1) is 18.3. The number of aryl methyl sites for hydroxylation is 1. The molecule has 4 rings (SSSR count). The second kappa shape index (κ2) is 7.86. The molecule has 1 amide bonds. The van der Waals surface area contributed by atoms with E-state index in [0.717, 1.165) is 16.9 Å². The monoisotopic (exact) mass is 391 g/mol. The molecule has 0 aliphatic heterocycles. The molecule has 0 fully saturated rings. The molecule has 5 nitrogen and oxygen atoms in total. The van der Waals surface area contributed by atoms with E-state index in [4.69, 9.17) is 4.74 Å². The lowest BCUT2D eigenvalue weighted by Gasteiger charge is -2.16. The number of fused-ring (bicyclic) bond motifs is 1. The van der Waals surface area contributed by atoms with Gasteiger partial charge < -0.3 is 14.0 Å². The lowest BCUT2D eigenvalue weighted by atomic mass is 10.2. The highest BCUT2D eigenvalue weighted by Gasteiger charge is 2.13. The minimum absolute atomic E-state index is 0.00391. The molecule has 3 aromatic heterocycles. The van der Waals surface area contributed by atoms with E-state index < -0.39 is 0 Å². The van der Waals surface area contributed by atoms with Gasteiger partial charge in [-0.15, -0.1) is 11.3 Å². The summed E-state index contributed by atoms with van der Waals surface area (Å²) in [4.78, 5) is 20.1. The number of carbonyl (C=O) groups excluding carboxylic acids is 1. The van der Waals surface area contributed by atoms with Crippen LogP contribution in [0, 0.1) is 6.92 Å². The number of aromatic nitrogens is 2. The highest BCUT2D eigenvalue weighted by molar-refractivity contribution is 7.09. The Balaban J connectivity index is 1.38. The summed E-state index contributed by atoms with van der Waals surface area (Å²) >= 11 is 1.65. The molecule has 0 saturated carbocycles. The van der Waals surface area contributed by atoms with Crippen molar-refractivity contribution < 1.29 is 9.53 Å². The summed E-state index contributed by atoms with van der Waals surface area (Å²) in [6.07, 6.45) is 3.95. The molecule has 0 saturated heterocycles. The first-order valence-corrected chi connectivity index (χ1v) is 9.92. The van der Waals surface area contributed by atoms with Crippen LogP contribution in [0.15, 0.2) is 66.3 Å². The van der Waals surface area contributed by atoms with Gasteiger partial charge in [0.2, 0.25) is 0 Å². The van der Waals surface area contributed by atoms with E-state index >= 15 is 0 Å². The fourth-order valence-electron chi connectivity index (χ4n) is 3.05. The van der Waals surface area contributed by atoms with Crippen LogP contribution in [-0.2, 0) is 13.2 Å². The van der Waals surface area contributed by atoms with E-state index in [1.807, 2.05) is 72.5 Å². The van der Waals surface area contributed by atoms with Crippen molar-refractivity contribution >= 4 is 22.9 Å². The van der Waals surface area contributed by atoms with Gasteiger partial charge in [0.1, 0.15) is 18.0 Å². The van der Waals surface area contributed by atoms with Gasteiger partial charge in [-0.2, -0.15) is 0 Å². The Morgan fingerprint density at radius 3 is 2.71 bits per heavy atom. The number of benzene rings is 1. The summed E-state index contributed by atoms with van der Waals surface area (Å²) in [5.74, 6) is 0.710. The number of rotatable bonds is 6. The molecule has 3 heterocycles. The molecule has 6 heteroatoms. The predicted octanol–water partition coefficient (Wildman–Crippen LogP) is 4.56. The topological polar surface area (TPSA) is 46.8 Å². The van der Waals surface area contributed by atoms with Gasteiger partial charge in [0.05, 0.1) is 12.2 Å². The molecule has 1 aromatic carbocycles. The van der Waals surface area contributed by atoms with Crippen molar-refractivity contribution in [1.82, 2.24) is 14.3 Å². The average Bonchev–Trinajstić information content (AvgIpc) is 3.36. The molecule has 0 aliphatic carbocycles. The van der Waals surface area contributed by atoms with Gasteiger partial charge in [0.15, 0.2) is 0 Å². The number of hydrogen-bond acceptors (Lipinski definition) is 4. The molecule has 0 radical (unpaired) electrons. The zero-order valence-corrected chi connectivity index (χ0v) is 16.6. The maximum Gasteiger partial charge on any atom is 0.253 e. The summed E-state index contributed by atoms with van der Waals surface area (Å²) in [6.45, 7) is 3.03. The van der Waals surface area contributed by atoms with Crippen molar-refractivity contribution in [3.05, 3.63) is 88.0 Å². The van der Waals surface area contributed by atoms with Crippen LogP contribution in [0.25, 0.3) is 5.65 Å². The van der Waals surface area contributed by atoms with E-state index in [1.165, 1.54) is 4.88 Å². The smallest absolute Gasteiger partial charge is 0.253 e. The van der Waals surface area contributed by atoms with Crippen LogP contribution in [-0.4, -0.2) is 27.2 Å². The van der Waals surface area contributed by atoms with Crippen LogP contribution in [0.4, 0.5) is 0 Å². The SMILES string of the molecule is Cc1cccn2cc(COc3ccc(C(=O)N(C)Cc4cccs4)cc3)nc12. The number of ether oxygens (including phenoxy) is 1. The highest BCUT2D eigenvalue weighted by atomic mass is 32.1. The number of amides is 1. The van der Waals surface area contributed by atoms with E-state index in [1.54, 1.807) is 28.4 Å². The Labute approximate surface area is 167 Å². The molecule has 0 aliphatic rings. The Morgan fingerprint density at radius 1 is 1.18 bits per heavy atom. The first-order chi connectivity index (χ1) is 13.6. The van der Waals surface area contributed by atoms with Gasteiger partial charge in [0, 0.05) is 29.9 Å². The quantitative estimate of drug-likeness (QED) is 0.484. The van der Waals surface area contributed by atoms with Gasteiger partial charge in [0.25, 0.3) is 5.91 Å². The number of thiophene rings is 1. The Kier molecular flexibility index (Phi) is 5.12. The summed E-state index contributed by atoms with van der Waals surface area (Å²) in [5.41, 5.74) is 3.58. The molecule has 0 N–H and O–H groups in total. The number of hydrogen-bond donors (Lipinski definition) is 0. The summed E-state index contributed by atoms with van der Waals surface area (Å²) in [5, 5.41) is 2.02.